The molecule has 0 bridgehead atoms. The van der Waals surface area contributed by atoms with Crippen LogP contribution in [0.5, 0.6) is 0 Å². The number of H-pyrrole nitrogens is 1. The Bertz CT molecular complexity index is 1260. The molecule has 146 valence electrons. The number of aliphatic hydroxyl groups is 2. The van der Waals surface area contributed by atoms with Gasteiger partial charge in [0.05, 0.1) is 5.69 Å². The fourth-order valence-electron chi connectivity index (χ4n) is 2.89. The lowest BCUT2D eigenvalue weighted by Gasteiger charge is -2.08. The summed E-state index contributed by atoms with van der Waals surface area (Å²) in [5, 5.41) is 23.8. The molecule has 0 spiro atoms. The third-order valence-corrected chi connectivity index (χ3v) is 4.32. The van der Waals surface area contributed by atoms with Gasteiger partial charge in [0.15, 0.2) is 11.9 Å². The number of carbonyl (C=O) groups is 1. The Balaban J connectivity index is 1.72. The molecular weight excluding hydrogens is 379 g/mol. The summed E-state index contributed by atoms with van der Waals surface area (Å²) in [5.74, 6) is -0.958. The zero-order valence-corrected chi connectivity index (χ0v) is 14.8. The maximum absolute atomic E-state index is 13.2. The summed E-state index contributed by atoms with van der Waals surface area (Å²) in [6.45, 7) is 0. The van der Waals surface area contributed by atoms with E-state index >= 15 is 0 Å². The number of nitrogens with one attached hydrogen (secondary N) is 2. The van der Waals surface area contributed by atoms with Crippen LogP contribution in [0.4, 0.5) is 10.1 Å². The number of rotatable bonds is 4. The van der Waals surface area contributed by atoms with Crippen LogP contribution in [0.15, 0.2) is 65.6 Å². The molecule has 2 heterocycles. The number of hydrogen-bond donors (Lipinski definition) is 4. The Hall–Kier alpha value is -3.82. The van der Waals surface area contributed by atoms with E-state index in [1.165, 1.54) is 48.7 Å². The zero-order chi connectivity index (χ0) is 20.5. The van der Waals surface area contributed by atoms with Crippen molar-refractivity contribution < 1.29 is 19.4 Å². The highest BCUT2D eigenvalue weighted by molar-refractivity contribution is 6.08. The van der Waals surface area contributed by atoms with E-state index in [1.807, 2.05) is 0 Å². The number of amides is 1. The lowest BCUT2D eigenvalue weighted by Crippen LogP contribution is -2.17. The van der Waals surface area contributed by atoms with E-state index in [0.29, 0.717) is 16.9 Å². The van der Waals surface area contributed by atoms with Gasteiger partial charge in [0.2, 0.25) is 0 Å². The summed E-state index contributed by atoms with van der Waals surface area (Å²) in [7, 11) is 0. The number of nitrogens with zero attached hydrogens (tertiary/aromatic N) is 2. The highest BCUT2D eigenvalue weighted by Gasteiger charge is 2.17. The number of hydrogen-bond acceptors (Lipinski definition) is 5. The van der Waals surface area contributed by atoms with Gasteiger partial charge >= 0.3 is 0 Å². The Labute approximate surface area is 162 Å². The Morgan fingerprint density at radius 2 is 1.90 bits per heavy atom. The number of fused-ring (bicyclic) bond motifs is 1. The number of aromatic amines is 1. The van der Waals surface area contributed by atoms with Gasteiger partial charge in [0.25, 0.3) is 11.5 Å². The molecule has 0 atom stereocenters. The minimum absolute atomic E-state index is 0.104. The average molecular weight is 394 g/mol. The average Bonchev–Trinajstić information content (AvgIpc) is 3.13. The number of carbonyl (C=O) groups excluding carboxylic acids is 1. The molecule has 4 N–H and O–H groups in total. The van der Waals surface area contributed by atoms with Crippen LogP contribution in [0.2, 0.25) is 0 Å². The molecule has 0 radical (unpaired) electrons. The van der Waals surface area contributed by atoms with Gasteiger partial charge in [0.1, 0.15) is 11.4 Å². The van der Waals surface area contributed by atoms with Crippen molar-refractivity contribution in [2.75, 3.05) is 5.32 Å². The van der Waals surface area contributed by atoms with E-state index in [4.69, 9.17) is 0 Å². The molecule has 0 aliphatic rings. The van der Waals surface area contributed by atoms with Crippen molar-refractivity contribution in [1.82, 2.24) is 14.6 Å². The third-order valence-electron chi connectivity index (χ3n) is 4.32. The summed E-state index contributed by atoms with van der Waals surface area (Å²) in [5.41, 5.74) is 1.18. The van der Waals surface area contributed by atoms with Crippen LogP contribution in [0, 0.1) is 5.82 Å². The molecule has 0 saturated carbocycles. The minimum Gasteiger partial charge on any atom is -0.364 e. The van der Waals surface area contributed by atoms with E-state index < -0.39 is 23.6 Å². The van der Waals surface area contributed by atoms with Crippen LogP contribution in [0.1, 0.15) is 22.2 Å². The Morgan fingerprint density at radius 3 is 2.62 bits per heavy atom. The zero-order valence-electron chi connectivity index (χ0n) is 14.8. The van der Waals surface area contributed by atoms with E-state index in [1.54, 1.807) is 12.1 Å². The molecule has 29 heavy (non-hydrogen) atoms. The number of anilines is 1. The fraction of sp³-hybridized carbons (Fsp3) is 0.0500. The number of halogens is 1. The maximum Gasteiger partial charge on any atom is 0.273 e. The van der Waals surface area contributed by atoms with Crippen molar-refractivity contribution in [3.05, 3.63) is 88.1 Å². The number of benzene rings is 2. The molecule has 0 aliphatic heterocycles. The van der Waals surface area contributed by atoms with Gasteiger partial charge in [-0.1, -0.05) is 12.1 Å². The predicted octanol–water partition coefficient (Wildman–Crippen LogP) is 2.06. The van der Waals surface area contributed by atoms with Crippen LogP contribution < -0.4 is 10.9 Å². The highest BCUT2D eigenvalue weighted by atomic mass is 19.1. The van der Waals surface area contributed by atoms with Crippen LogP contribution in [0.3, 0.4) is 0 Å². The van der Waals surface area contributed by atoms with Gasteiger partial charge in [-0.2, -0.15) is 0 Å². The molecule has 0 unspecified atom stereocenters. The molecule has 1 amide bonds. The second-order valence-electron chi connectivity index (χ2n) is 6.29. The molecule has 2 aromatic carbocycles. The summed E-state index contributed by atoms with van der Waals surface area (Å²) in [6, 6.07) is 12.8. The van der Waals surface area contributed by atoms with Crippen molar-refractivity contribution in [3.63, 3.8) is 0 Å². The van der Waals surface area contributed by atoms with Gasteiger partial charge in [0, 0.05) is 29.1 Å². The predicted molar refractivity (Wildman–Crippen MR) is 103 cm³/mol. The monoisotopic (exact) mass is 394 g/mol. The normalized spacial score (nSPS) is 11.2. The van der Waals surface area contributed by atoms with Gasteiger partial charge in [-0.05, 0) is 36.4 Å². The summed E-state index contributed by atoms with van der Waals surface area (Å²) < 4.78 is 14.3. The number of aromatic nitrogens is 3. The SMILES string of the molecule is O=C(Nc1cccc(C(O)O)c1)c1c[nH]n2c(=O)cc(-c3ccc(F)cc3)nc12. The van der Waals surface area contributed by atoms with E-state index in [9.17, 15) is 24.2 Å². The first-order valence-electron chi connectivity index (χ1n) is 8.57. The molecule has 2 aromatic heterocycles. The molecule has 0 saturated heterocycles. The Morgan fingerprint density at radius 1 is 1.14 bits per heavy atom. The largest absolute Gasteiger partial charge is 0.364 e. The highest BCUT2D eigenvalue weighted by Crippen LogP contribution is 2.20. The standard InChI is InChI=1S/C20H15FN4O4/c21-13-6-4-11(5-7-13)16-9-17(26)25-18(24-16)15(10-22-25)19(27)23-14-3-1-2-12(8-14)20(28)29/h1-10,20,22,28-29H,(H,23,27). The molecule has 4 rings (SSSR count). The van der Waals surface area contributed by atoms with Crippen LogP contribution in [0.25, 0.3) is 16.9 Å². The second-order valence-corrected chi connectivity index (χ2v) is 6.29. The van der Waals surface area contributed by atoms with Gasteiger partial charge in [-0.15, -0.1) is 0 Å². The molecular formula is C20H15FN4O4. The molecule has 0 aliphatic carbocycles. The Kier molecular flexibility index (Phi) is 4.67. The second kappa shape index (κ2) is 7.30. The van der Waals surface area contributed by atoms with Crippen LogP contribution >= 0.6 is 0 Å². The fourth-order valence-corrected chi connectivity index (χ4v) is 2.89. The van der Waals surface area contributed by atoms with Crippen molar-refractivity contribution in [1.29, 1.82) is 0 Å². The van der Waals surface area contributed by atoms with Gasteiger partial charge in [-0.3, -0.25) is 14.7 Å². The molecule has 9 heteroatoms. The molecule has 8 nitrogen and oxygen atoms in total. The van der Waals surface area contributed by atoms with E-state index in [0.717, 1.165) is 4.52 Å². The number of aliphatic hydroxyl groups excluding tert-OH is 1. The first-order valence-corrected chi connectivity index (χ1v) is 8.57. The van der Waals surface area contributed by atoms with Crippen molar-refractivity contribution >= 4 is 17.2 Å². The first-order chi connectivity index (χ1) is 13.9. The third kappa shape index (κ3) is 3.64. The minimum atomic E-state index is -1.67. The molecule has 0 fully saturated rings. The van der Waals surface area contributed by atoms with Gasteiger partial charge < -0.3 is 15.5 Å². The summed E-state index contributed by atoms with van der Waals surface area (Å²) >= 11 is 0. The summed E-state index contributed by atoms with van der Waals surface area (Å²) in [4.78, 5) is 29.5. The lowest BCUT2D eigenvalue weighted by molar-refractivity contribution is -0.0424. The lowest BCUT2D eigenvalue weighted by atomic mass is 10.1. The van der Waals surface area contributed by atoms with E-state index in [-0.39, 0.29) is 16.8 Å². The van der Waals surface area contributed by atoms with Crippen molar-refractivity contribution in [2.24, 2.45) is 0 Å². The maximum atomic E-state index is 13.2. The smallest absolute Gasteiger partial charge is 0.273 e. The quantitative estimate of drug-likeness (QED) is 0.395. The first kappa shape index (κ1) is 18.5. The van der Waals surface area contributed by atoms with E-state index in [2.05, 4.69) is 15.4 Å². The summed E-state index contributed by atoms with van der Waals surface area (Å²) in [6.07, 6.45) is -0.323. The van der Waals surface area contributed by atoms with Crippen molar-refractivity contribution in [2.45, 2.75) is 6.29 Å². The van der Waals surface area contributed by atoms with Crippen molar-refractivity contribution in [3.8, 4) is 11.3 Å². The van der Waals surface area contributed by atoms with Crippen LogP contribution in [-0.2, 0) is 0 Å². The van der Waals surface area contributed by atoms with Gasteiger partial charge in [-0.25, -0.2) is 13.9 Å². The van der Waals surface area contributed by atoms with Crippen LogP contribution in [-0.4, -0.2) is 30.7 Å². The molecule has 4 aromatic rings. The topological polar surface area (TPSA) is 120 Å².